The number of hydrogen-bond acceptors (Lipinski definition) is 4. The van der Waals surface area contributed by atoms with Crippen LogP contribution in [0.2, 0.25) is 0 Å². The quantitative estimate of drug-likeness (QED) is 0.822. The maximum atomic E-state index is 12.9. The van der Waals surface area contributed by atoms with Gasteiger partial charge in [0.25, 0.3) is 5.91 Å². The Labute approximate surface area is 150 Å². The first-order valence-corrected chi connectivity index (χ1v) is 8.51. The van der Waals surface area contributed by atoms with Crippen molar-refractivity contribution in [1.82, 2.24) is 5.32 Å². The molecular formula is C19H20FNO5. The van der Waals surface area contributed by atoms with Crippen molar-refractivity contribution >= 4 is 11.9 Å². The summed E-state index contributed by atoms with van der Waals surface area (Å²) in [6, 6.07) is 8.62. The molecule has 3 rings (SSSR count). The molecule has 1 fully saturated rings. The highest BCUT2D eigenvalue weighted by Gasteiger charge is 2.41. The molecule has 138 valence electrons. The third kappa shape index (κ3) is 4.04. The van der Waals surface area contributed by atoms with Gasteiger partial charge in [0, 0.05) is 0 Å². The number of carbonyl (C=O) groups excluding carboxylic acids is 1. The predicted molar refractivity (Wildman–Crippen MR) is 90.4 cm³/mol. The van der Waals surface area contributed by atoms with Crippen molar-refractivity contribution in [3.05, 3.63) is 53.7 Å². The topological polar surface area (TPSA) is 88.8 Å². The van der Waals surface area contributed by atoms with E-state index in [1.807, 2.05) is 0 Å². The minimum absolute atomic E-state index is 0.0360. The summed E-state index contributed by atoms with van der Waals surface area (Å²) in [5.74, 6) is -1.01. The van der Waals surface area contributed by atoms with Crippen LogP contribution in [0, 0.1) is 5.82 Å². The normalized spacial score (nSPS) is 16.0. The van der Waals surface area contributed by atoms with E-state index < -0.39 is 17.4 Å². The third-order valence-electron chi connectivity index (χ3n) is 4.55. The molecule has 1 heterocycles. The minimum atomic E-state index is -1.23. The number of benzene rings is 1. The van der Waals surface area contributed by atoms with E-state index in [1.165, 1.54) is 30.3 Å². The SMILES string of the molecule is O=C(NC1(C(=O)O)CCCCC1)c1ccc(COc2ccc(F)cc2)o1. The fraction of sp³-hybridized carbons (Fsp3) is 0.368. The lowest BCUT2D eigenvalue weighted by atomic mass is 9.81. The Balaban J connectivity index is 1.62. The number of hydrogen-bond donors (Lipinski definition) is 2. The van der Waals surface area contributed by atoms with Crippen molar-refractivity contribution in [3.63, 3.8) is 0 Å². The van der Waals surface area contributed by atoms with Crippen LogP contribution in [0.25, 0.3) is 0 Å². The van der Waals surface area contributed by atoms with Gasteiger partial charge in [0.2, 0.25) is 0 Å². The van der Waals surface area contributed by atoms with E-state index >= 15 is 0 Å². The number of aliphatic carboxylic acids is 1. The lowest BCUT2D eigenvalue weighted by Gasteiger charge is -2.33. The Morgan fingerprint density at radius 3 is 2.46 bits per heavy atom. The molecule has 0 spiro atoms. The van der Waals surface area contributed by atoms with Gasteiger partial charge in [0.15, 0.2) is 5.76 Å². The number of carboxylic acids is 1. The Morgan fingerprint density at radius 1 is 1.12 bits per heavy atom. The molecule has 1 aliphatic rings. The minimum Gasteiger partial charge on any atom is -0.486 e. The number of amides is 1. The number of halogens is 1. The summed E-state index contributed by atoms with van der Waals surface area (Å²) in [5, 5.41) is 12.2. The smallest absolute Gasteiger partial charge is 0.329 e. The van der Waals surface area contributed by atoms with Crippen molar-refractivity contribution in [2.75, 3.05) is 0 Å². The second-order valence-electron chi connectivity index (χ2n) is 6.41. The fourth-order valence-electron chi connectivity index (χ4n) is 3.09. The highest BCUT2D eigenvalue weighted by atomic mass is 19.1. The number of carboxylic acid groups (broad SMARTS) is 1. The Morgan fingerprint density at radius 2 is 1.81 bits per heavy atom. The molecule has 1 amide bonds. The largest absolute Gasteiger partial charge is 0.486 e. The van der Waals surface area contributed by atoms with Crippen LogP contribution in [0.1, 0.15) is 48.4 Å². The van der Waals surface area contributed by atoms with Gasteiger partial charge in [-0.15, -0.1) is 0 Å². The van der Waals surface area contributed by atoms with Gasteiger partial charge in [0.05, 0.1) is 0 Å². The molecule has 6 nitrogen and oxygen atoms in total. The van der Waals surface area contributed by atoms with Crippen molar-refractivity contribution in [3.8, 4) is 5.75 Å². The predicted octanol–water partition coefficient (Wildman–Crippen LogP) is 3.52. The van der Waals surface area contributed by atoms with Gasteiger partial charge in [-0.05, 0) is 49.2 Å². The summed E-state index contributed by atoms with van der Waals surface area (Å²) in [5.41, 5.74) is -1.23. The summed E-state index contributed by atoms with van der Waals surface area (Å²) in [6.45, 7) is 0.0724. The number of rotatable bonds is 6. The Bertz CT molecular complexity index is 777. The zero-order chi connectivity index (χ0) is 18.6. The maximum Gasteiger partial charge on any atom is 0.329 e. The third-order valence-corrected chi connectivity index (χ3v) is 4.55. The van der Waals surface area contributed by atoms with E-state index in [4.69, 9.17) is 9.15 Å². The summed E-state index contributed by atoms with van der Waals surface area (Å²) >= 11 is 0. The first-order valence-electron chi connectivity index (χ1n) is 8.51. The molecule has 1 saturated carbocycles. The molecule has 0 saturated heterocycles. The van der Waals surface area contributed by atoms with E-state index in [-0.39, 0.29) is 18.2 Å². The summed E-state index contributed by atoms with van der Waals surface area (Å²) < 4.78 is 23.8. The van der Waals surface area contributed by atoms with Crippen molar-refractivity contribution in [2.24, 2.45) is 0 Å². The molecule has 1 aliphatic carbocycles. The van der Waals surface area contributed by atoms with Crippen LogP contribution in [0.5, 0.6) is 5.75 Å². The van der Waals surface area contributed by atoms with E-state index in [0.717, 1.165) is 19.3 Å². The van der Waals surface area contributed by atoms with Gasteiger partial charge in [-0.3, -0.25) is 4.79 Å². The molecule has 0 unspecified atom stereocenters. The van der Waals surface area contributed by atoms with Gasteiger partial charge in [0.1, 0.15) is 29.5 Å². The van der Waals surface area contributed by atoms with E-state index in [0.29, 0.717) is 24.4 Å². The van der Waals surface area contributed by atoms with Crippen LogP contribution in [-0.4, -0.2) is 22.5 Å². The zero-order valence-corrected chi connectivity index (χ0v) is 14.2. The average Bonchev–Trinajstić information content (AvgIpc) is 3.11. The standard InChI is InChI=1S/C19H20FNO5/c20-13-4-6-14(7-5-13)25-12-15-8-9-16(26-15)17(22)21-19(18(23)24)10-2-1-3-11-19/h4-9H,1-3,10-12H2,(H,21,22)(H,23,24). The Kier molecular flexibility index (Phi) is 5.25. The van der Waals surface area contributed by atoms with E-state index in [2.05, 4.69) is 5.32 Å². The molecule has 7 heteroatoms. The number of carbonyl (C=O) groups is 2. The summed E-state index contributed by atoms with van der Waals surface area (Å²) in [4.78, 5) is 24.0. The molecule has 2 aromatic rings. The second kappa shape index (κ2) is 7.59. The molecule has 1 aromatic carbocycles. The molecule has 1 aromatic heterocycles. The molecule has 26 heavy (non-hydrogen) atoms. The highest BCUT2D eigenvalue weighted by molar-refractivity contribution is 5.95. The fourth-order valence-corrected chi connectivity index (χ4v) is 3.09. The first-order chi connectivity index (χ1) is 12.5. The molecule has 0 radical (unpaired) electrons. The molecule has 2 N–H and O–H groups in total. The van der Waals surface area contributed by atoms with Crippen molar-refractivity contribution in [2.45, 2.75) is 44.2 Å². The number of furan rings is 1. The second-order valence-corrected chi connectivity index (χ2v) is 6.41. The van der Waals surface area contributed by atoms with Gasteiger partial charge in [-0.2, -0.15) is 0 Å². The van der Waals surface area contributed by atoms with Crippen LogP contribution in [0.3, 0.4) is 0 Å². The summed E-state index contributed by atoms with van der Waals surface area (Å²) in [7, 11) is 0. The van der Waals surface area contributed by atoms with Gasteiger partial charge in [-0.1, -0.05) is 19.3 Å². The lowest BCUT2D eigenvalue weighted by Crippen LogP contribution is -2.55. The number of nitrogens with one attached hydrogen (secondary N) is 1. The van der Waals surface area contributed by atoms with Gasteiger partial charge >= 0.3 is 5.97 Å². The zero-order valence-electron chi connectivity index (χ0n) is 14.2. The molecule has 0 bridgehead atoms. The van der Waals surface area contributed by atoms with Crippen LogP contribution in [0.4, 0.5) is 4.39 Å². The Hall–Kier alpha value is -2.83. The van der Waals surface area contributed by atoms with Crippen LogP contribution >= 0.6 is 0 Å². The first kappa shape index (κ1) is 18.0. The van der Waals surface area contributed by atoms with E-state index in [9.17, 15) is 19.1 Å². The maximum absolute atomic E-state index is 12.9. The molecule has 0 atom stereocenters. The van der Waals surface area contributed by atoms with E-state index in [1.54, 1.807) is 6.07 Å². The monoisotopic (exact) mass is 361 g/mol. The summed E-state index contributed by atoms with van der Waals surface area (Å²) in [6.07, 6.45) is 3.32. The van der Waals surface area contributed by atoms with Gasteiger partial charge in [-0.25, -0.2) is 9.18 Å². The van der Waals surface area contributed by atoms with Crippen LogP contribution < -0.4 is 10.1 Å². The number of ether oxygens (including phenoxy) is 1. The van der Waals surface area contributed by atoms with Crippen LogP contribution in [-0.2, 0) is 11.4 Å². The van der Waals surface area contributed by atoms with Crippen molar-refractivity contribution < 1.29 is 28.2 Å². The molecular weight excluding hydrogens is 341 g/mol. The lowest BCUT2D eigenvalue weighted by molar-refractivity contribution is -0.145. The average molecular weight is 361 g/mol. The highest BCUT2D eigenvalue weighted by Crippen LogP contribution is 2.29. The molecule has 0 aliphatic heterocycles. The van der Waals surface area contributed by atoms with Crippen LogP contribution in [0.15, 0.2) is 40.8 Å². The van der Waals surface area contributed by atoms with Crippen molar-refractivity contribution in [1.29, 1.82) is 0 Å². The van der Waals surface area contributed by atoms with Gasteiger partial charge < -0.3 is 19.6 Å².